The van der Waals surface area contributed by atoms with Crippen LogP contribution < -0.4 is 14.9 Å². The normalized spacial score (nSPS) is 11.4. The maximum absolute atomic E-state index is 12.9. The van der Waals surface area contributed by atoms with Crippen molar-refractivity contribution in [3.05, 3.63) is 97.5 Å². The van der Waals surface area contributed by atoms with Crippen molar-refractivity contribution in [1.29, 1.82) is 0 Å². The summed E-state index contributed by atoms with van der Waals surface area (Å²) in [7, 11) is 0. The molecule has 0 saturated heterocycles. The van der Waals surface area contributed by atoms with Gasteiger partial charge in [-0.25, -0.2) is 5.43 Å². The molecule has 0 fully saturated rings. The molecule has 37 heavy (non-hydrogen) atoms. The second-order valence-corrected chi connectivity index (χ2v) is 8.45. The smallest absolute Gasteiger partial charge is 0.416 e. The molecule has 0 bridgehead atoms. The number of carbonyl (C=O) groups is 1. The number of rotatable bonds is 10. The molecule has 1 amide bonds. The number of hydrogen-bond donors (Lipinski definition) is 1. The first-order chi connectivity index (χ1) is 17.6. The Kier molecular flexibility index (Phi) is 9.23. The minimum Gasteiger partial charge on any atom is -0.490 e. The van der Waals surface area contributed by atoms with Gasteiger partial charge in [-0.1, -0.05) is 36.4 Å². The average Bonchev–Trinajstić information content (AvgIpc) is 2.85. The van der Waals surface area contributed by atoms with Crippen LogP contribution >= 0.6 is 15.9 Å². The maximum Gasteiger partial charge on any atom is 0.416 e. The highest BCUT2D eigenvalue weighted by Gasteiger charge is 2.33. The van der Waals surface area contributed by atoms with Gasteiger partial charge in [0, 0.05) is 21.7 Å². The molecule has 0 aliphatic carbocycles. The lowest BCUT2D eigenvalue weighted by Crippen LogP contribution is -2.20. The van der Waals surface area contributed by atoms with Gasteiger partial charge in [0.15, 0.2) is 11.5 Å². The second kappa shape index (κ2) is 12.3. The van der Waals surface area contributed by atoms with E-state index in [0.717, 1.165) is 11.6 Å². The van der Waals surface area contributed by atoms with E-state index in [9.17, 15) is 28.1 Å². The Labute approximate surface area is 218 Å². The Morgan fingerprint density at radius 2 is 1.81 bits per heavy atom. The Bertz CT molecular complexity index is 1300. The third kappa shape index (κ3) is 7.78. The van der Waals surface area contributed by atoms with E-state index in [2.05, 4.69) is 26.5 Å². The quantitative estimate of drug-likeness (QED) is 0.179. The lowest BCUT2D eigenvalue weighted by molar-refractivity contribution is -0.385. The number of alkyl halides is 3. The van der Waals surface area contributed by atoms with Crippen LogP contribution in [0.25, 0.3) is 0 Å². The van der Waals surface area contributed by atoms with Crippen LogP contribution in [0.2, 0.25) is 0 Å². The molecule has 0 atom stereocenters. The first-order valence-electron chi connectivity index (χ1n) is 10.9. The zero-order valence-corrected chi connectivity index (χ0v) is 21.0. The van der Waals surface area contributed by atoms with Crippen LogP contribution in [0.4, 0.5) is 18.9 Å². The van der Waals surface area contributed by atoms with Crippen molar-refractivity contribution in [2.75, 3.05) is 6.61 Å². The number of nitro benzene ring substituents is 1. The molecule has 0 saturated carbocycles. The summed E-state index contributed by atoms with van der Waals surface area (Å²) in [4.78, 5) is 22.5. The number of benzene rings is 3. The largest absolute Gasteiger partial charge is 0.490 e. The van der Waals surface area contributed by atoms with Crippen molar-refractivity contribution in [3.8, 4) is 11.5 Å². The van der Waals surface area contributed by atoms with Gasteiger partial charge in [-0.2, -0.15) is 18.3 Å². The summed E-state index contributed by atoms with van der Waals surface area (Å²) in [6.45, 7) is 2.52. The lowest BCUT2D eigenvalue weighted by atomic mass is 10.1. The first kappa shape index (κ1) is 27.7. The summed E-state index contributed by atoms with van der Waals surface area (Å²) in [5.41, 5.74) is 1.59. The van der Waals surface area contributed by atoms with Gasteiger partial charge < -0.3 is 9.47 Å². The minimum atomic E-state index is -4.74. The number of nitro groups is 1. The molecule has 0 unspecified atom stereocenters. The first-order valence-corrected chi connectivity index (χ1v) is 11.7. The molecule has 0 radical (unpaired) electrons. The predicted octanol–water partition coefficient (Wildman–Crippen LogP) is 6.05. The number of hydrazone groups is 1. The van der Waals surface area contributed by atoms with Crippen molar-refractivity contribution >= 4 is 33.7 Å². The number of amides is 1. The van der Waals surface area contributed by atoms with Crippen molar-refractivity contribution in [2.45, 2.75) is 26.1 Å². The van der Waals surface area contributed by atoms with Crippen molar-refractivity contribution < 1.29 is 32.4 Å². The molecule has 3 aromatic rings. The fourth-order valence-electron chi connectivity index (χ4n) is 3.21. The zero-order valence-electron chi connectivity index (χ0n) is 19.4. The number of nitrogens with one attached hydrogen (secondary N) is 1. The van der Waals surface area contributed by atoms with Gasteiger partial charge in [0.1, 0.15) is 6.61 Å². The molecule has 0 aromatic heterocycles. The number of ether oxygens (including phenoxy) is 2. The molecule has 12 heteroatoms. The molecule has 0 aliphatic rings. The summed E-state index contributed by atoms with van der Waals surface area (Å²) < 4.78 is 50.7. The van der Waals surface area contributed by atoms with Gasteiger partial charge in [-0.3, -0.25) is 14.9 Å². The summed E-state index contributed by atoms with van der Waals surface area (Å²) >= 11 is 3.42. The van der Waals surface area contributed by atoms with E-state index in [1.165, 1.54) is 6.21 Å². The van der Waals surface area contributed by atoms with Gasteiger partial charge >= 0.3 is 6.18 Å². The number of hydrogen-bond acceptors (Lipinski definition) is 6. The molecule has 0 spiro atoms. The monoisotopic (exact) mass is 579 g/mol. The summed E-state index contributed by atoms with van der Waals surface area (Å²) in [5.74, 6) is 0.200. The Morgan fingerprint density at radius 3 is 2.46 bits per heavy atom. The van der Waals surface area contributed by atoms with Gasteiger partial charge in [0.25, 0.3) is 5.69 Å². The van der Waals surface area contributed by atoms with Crippen molar-refractivity contribution in [3.63, 3.8) is 0 Å². The molecule has 0 heterocycles. The molecule has 3 rings (SSSR count). The van der Waals surface area contributed by atoms with E-state index in [1.807, 2.05) is 37.3 Å². The highest BCUT2D eigenvalue weighted by atomic mass is 79.9. The number of nitrogens with zero attached hydrogens (tertiary/aromatic N) is 2. The van der Waals surface area contributed by atoms with Crippen LogP contribution in [0.3, 0.4) is 0 Å². The summed E-state index contributed by atoms with van der Waals surface area (Å²) in [6, 6.07) is 14.9. The fourth-order valence-corrected chi connectivity index (χ4v) is 3.64. The lowest BCUT2D eigenvalue weighted by Gasteiger charge is -2.14. The molecular weight excluding hydrogens is 559 g/mol. The van der Waals surface area contributed by atoms with E-state index in [1.54, 1.807) is 12.1 Å². The predicted molar refractivity (Wildman–Crippen MR) is 134 cm³/mol. The van der Waals surface area contributed by atoms with Gasteiger partial charge in [0.2, 0.25) is 5.91 Å². The van der Waals surface area contributed by atoms with Crippen molar-refractivity contribution in [1.82, 2.24) is 5.43 Å². The standard InChI is InChI=1S/C25H21BrF3N3O5/c1-2-36-22-10-18(20(26)13-23(22)37-15-16-6-4-3-5-7-16)14-30-31-24(33)11-17-8-9-19(25(27,28)29)12-21(17)32(34)35/h3-10,12-14H,2,11,15H2,1H3,(H,31,33). The molecule has 3 aromatic carbocycles. The van der Waals surface area contributed by atoms with Crippen LogP contribution in [-0.2, 0) is 24.0 Å². The second-order valence-electron chi connectivity index (χ2n) is 7.60. The highest BCUT2D eigenvalue weighted by Crippen LogP contribution is 2.34. The Hall–Kier alpha value is -3.93. The van der Waals surface area contributed by atoms with Crippen LogP contribution in [0.1, 0.15) is 29.2 Å². The molecule has 194 valence electrons. The molecule has 0 aliphatic heterocycles. The van der Waals surface area contributed by atoms with Gasteiger partial charge in [0.05, 0.1) is 29.7 Å². The number of halogens is 4. The zero-order chi connectivity index (χ0) is 27.0. The van der Waals surface area contributed by atoms with E-state index < -0.39 is 34.7 Å². The van der Waals surface area contributed by atoms with Gasteiger partial charge in [-0.05, 0) is 46.6 Å². The summed E-state index contributed by atoms with van der Waals surface area (Å²) in [5, 5.41) is 15.1. The number of carbonyl (C=O) groups excluding carboxylic acids is 1. The molecule has 1 N–H and O–H groups in total. The Balaban J connectivity index is 1.70. The minimum absolute atomic E-state index is 0.176. The fraction of sp³-hybridized carbons (Fsp3) is 0.200. The Morgan fingerprint density at radius 1 is 1.11 bits per heavy atom. The topological polar surface area (TPSA) is 103 Å². The van der Waals surface area contributed by atoms with E-state index in [0.29, 0.717) is 46.9 Å². The highest BCUT2D eigenvalue weighted by molar-refractivity contribution is 9.10. The van der Waals surface area contributed by atoms with Crippen LogP contribution in [0, 0.1) is 10.1 Å². The average molecular weight is 580 g/mol. The van der Waals surface area contributed by atoms with Crippen LogP contribution in [0.5, 0.6) is 11.5 Å². The van der Waals surface area contributed by atoms with Crippen molar-refractivity contribution in [2.24, 2.45) is 5.10 Å². The van der Waals surface area contributed by atoms with Crippen LogP contribution in [0.15, 0.2) is 70.2 Å². The van der Waals surface area contributed by atoms with E-state index in [4.69, 9.17) is 9.47 Å². The third-order valence-corrected chi connectivity index (χ3v) is 5.64. The van der Waals surface area contributed by atoms with Gasteiger partial charge in [-0.15, -0.1) is 0 Å². The summed E-state index contributed by atoms with van der Waals surface area (Å²) in [6.07, 6.45) is -3.96. The van der Waals surface area contributed by atoms with E-state index >= 15 is 0 Å². The SMILES string of the molecule is CCOc1cc(C=NNC(=O)Cc2ccc(C(F)(F)F)cc2[N+](=O)[O-])c(Br)cc1OCc1ccccc1. The molecule has 8 nitrogen and oxygen atoms in total. The maximum atomic E-state index is 12.9. The third-order valence-electron chi connectivity index (χ3n) is 4.95. The van der Waals surface area contributed by atoms with Crippen LogP contribution in [-0.4, -0.2) is 23.7 Å². The molecular formula is C25H21BrF3N3O5. The van der Waals surface area contributed by atoms with E-state index in [-0.39, 0.29) is 5.56 Å².